The maximum atomic E-state index is 8.89. The zero-order valence-corrected chi connectivity index (χ0v) is 20.2. The molecule has 1 saturated heterocycles. The van der Waals surface area contributed by atoms with Crippen LogP contribution in [0.15, 0.2) is 24.3 Å². The summed E-state index contributed by atoms with van der Waals surface area (Å²) in [6.45, 7) is 15.6. The molecule has 0 spiro atoms. The van der Waals surface area contributed by atoms with E-state index < -0.39 is 0 Å². The minimum absolute atomic E-state index is 0. The molecule has 3 fully saturated rings. The van der Waals surface area contributed by atoms with Crippen molar-refractivity contribution in [1.29, 1.82) is 5.26 Å². The highest BCUT2D eigenvalue weighted by Crippen LogP contribution is 2.53. The Labute approximate surface area is 190 Å². The number of hydrogen-bond donors (Lipinski definition) is 0. The first-order chi connectivity index (χ1) is 13.8. The molecule has 1 aromatic carbocycles. The quantitative estimate of drug-likeness (QED) is 0.566. The van der Waals surface area contributed by atoms with Crippen molar-refractivity contribution >= 4 is 18.1 Å². The summed E-state index contributed by atoms with van der Waals surface area (Å²) in [4.78, 5) is 5.27. The third kappa shape index (κ3) is 5.51. The summed E-state index contributed by atoms with van der Waals surface area (Å²) in [5.74, 6) is 2.12. The lowest BCUT2D eigenvalue weighted by Crippen LogP contribution is -2.47. The van der Waals surface area contributed by atoms with Crippen molar-refractivity contribution in [2.24, 2.45) is 22.7 Å². The number of rotatable bonds is 5. The molecule has 2 aliphatic carbocycles. The number of benzene rings is 1. The van der Waals surface area contributed by atoms with Gasteiger partial charge < -0.3 is 4.90 Å². The van der Waals surface area contributed by atoms with Gasteiger partial charge in [0.05, 0.1) is 6.07 Å². The van der Waals surface area contributed by atoms with Gasteiger partial charge in [-0.25, -0.2) is 0 Å². The lowest BCUT2D eigenvalue weighted by Gasteiger charge is -2.46. The highest BCUT2D eigenvalue weighted by atomic mass is 35.5. The van der Waals surface area contributed by atoms with Gasteiger partial charge in [0.2, 0.25) is 0 Å². The summed E-state index contributed by atoms with van der Waals surface area (Å²) in [6.07, 6.45) is 5.95. The molecule has 0 radical (unpaired) electrons. The Bertz CT molecular complexity index is 742. The highest BCUT2D eigenvalue weighted by molar-refractivity contribution is 5.85. The zero-order chi connectivity index (χ0) is 20.6. The van der Waals surface area contributed by atoms with Gasteiger partial charge in [0.15, 0.2) is 0 Å². The summed E-state index contributed by atoms with van der Waals surface area (Å²) in [6, 6.07) is 11.6. The molecule has 0 aromatic heterocycles. The van der Waals surface area contributed by atoms with E-state index in [0.717, 1.165) is 38.5 Å². The molecule has 30 heavy (non-hydrogen) atoms. The lowest BCUT2D eigenvalue weighted by molar-refractivity contribution is 0.0970. The Morgan fingerprint density at radius 1 is 0.967 bits per heavy atom. The van der Waals surface area contributed by atoms with Crippen LogP contribution in [0.1, 0.15) is 71.3 Å². The summed E-state index contributed by atoms with van der Waals surface area (Å²) in [7, 11) is 0. The Kier molecular flexibility index (Phi) is 7.10. The third-order valence-corrected chi connectivity index (χ3v) is 7.56. The van der Waals surface area contributed by atoms with Crippen molar-refractivity contribution in [3.8, 4) is 6.07 Å². The van der Waals surface area contributed by atoms with Crippen LogP contribution < -0.4 is 4.90 Å². The van der Waals surface area contributed by atoms with E-state index in [-0.39, 0.29) is 12.4 Å². The van der Waals surface area contributed by atoms with Crippen LogP contribution in [0.4, 0.5) is 5.69 Å². The first-order valence-corrected chi connectivity index (χ1v) is 11.7. The van der Waals surface area contributed by atoms with Crippen molar-refractivity contribution < 1.29 is 0 Å². The minimum Gasteiger partial charge on any atom is -0.369 e. The Balaban J connectivity index is 0.00000256. The van der Waals surface area contributed by atoms with Gasteiger partial charge in [-0.3, -0.25) is 4.90 Å². The van der Waals surface area contributed by atoms with E-state index in [1.165, 1.54) is 37.9 Å². The van der Waals surface area contributed by atoms with Crippen LogP contribution in [0.25, 0.3) is 0 Å². The molecule has 4 rings (SSSR count). The SMILES string of the molecule is CC1(C)CC(c2ccccc2N2CCN(C[C@@H]3C[C@H]3CC#N)CC2)CC(C)(C)C1.Cl. The molecule has 0 amide bonds. The van der Waals surface area contributed by atoms with Crippen LogP contribution in [0, 0.1) is 34.0 Å². The number of para-hydroxylation sites is 1. The predicted molar refractivity (Wildman–Crippen MR) is 128 cm³/mol. The second-order valence-corrected chi connectivity index (χ2v) is 11.6. The molecular formula is C26H40ClN3. The van der Waals surface area contributed by atoms with E-state index in [2.05, 4.69) is 67.8 Å². The molecule has 0 bridgehead atoms. The van der Waals surface area contributed by atoms with Crippen LogP contribution in [0.2, 0.25) is 0 Å². The maximum Gasteiger partial charge on any atom is 0.0624 e. The second-order valence-electron chi connectivity index (χ2n) is 11.6. The molecule has 2 atom stereocenters. The smallest absolute Gasteiger partial charge is 0.0624 e. The molecule has 0 unspecified atom stereocenters. The van der Waals surface area contributed by atoms with Gasteiger partial charge in [-0.15, -0.1) is 12.4 Å². The summed E-state index contributed by atoms with van der Waals surface area (Å²) in [5, 5.41) is 8.89. The molecule has 3 nitrogen and oxygen atoms in total. The molecule has 3 aliphatic rings. The van der Waals surface area contributed by atoms with Gasteiger partial charge >= 0.3 is 0 Å². The van der Waals surface area contributed by atoms with Crippen molar-refractivity contribution in [3.05, 3.63) is 29.8 Å². The molecular weight excluding hydrogens is 390 g/mol. The van der Waals surface area contributed by atoms with Crippen molar-refractivity contribution in [2.75, 3.05) is 37.6 Å². The van der Waals surface area contributed by atoms with E-state index in [9.17, 15) is 0 Å². The fraction of sp³-hybridized carbons (Fsp3) is 0.731. The molecule has 0 N–H and O–H groups in total. The van der Waals surface area contributed by atoms with Gasteiger partial charge in [0.1, 0.15) is 0 Å². The van der Waals surface area contributed by atoms with E-state index in [1.807, 2.05) is 0 Å². The first-order valence-electron chi connectivity index (χ1n) is 11.7. The Morgan fingerprint density at radius 2 is 1.60 bits per heavy atom. The van der Waals surface area contributed by atoms with Gasteiger partial charge in [0.25, 0.3) is 0 Å². The average Bonchev–Trinajstić information content (AvgIpc) is 3.37. The van der Waals surface area contributed by atoms with Crippen LogP contribution in [-0.2, 0) is 0 Å². The van der Waals surface area contributed by atoms with E-state index in [0.29, 0.717) is 22.7 Å². The molecule has 166 valence electrons. The van der Waals surface area contributed by atoms with E-state index in [4.69, 9.17) is 5.26 Å². The largest absolute Gasteiger partial charge is 0.369 e. The highest BCUT2D eigenvalue weighted by Gasteiger charge is 2.40. The van der Waals surface area contributed by atoms with Gasteiger partial charge in [-0.05, 0) is 65.9 Å². The molecule has 1 aliphatic heterocycles. The number of nitriles is 1. The van der Waals surface area contributed by atoms with Crippen molar-refractivity contribution in [3.63, 3.8) is 0 Å². The molecule has 1 aromatic rings. The minimum atomic E-state index is 0. The van der Waals surface area contributed by atoms with E-state index in [1.54, 1.807) is 5.56 Å². The monoisotopic (exact) mass is 429 g/mol. The van der Waals surface area contributed by atoms with Gasteiger partial charge in [0, 0.05) is 44.8 Å². The fourth-order valence-corrected chi connectivity index (χ4v) is 6.59. The number of piperazine rings is 1. The van der Waals surface area contributed by atoms with Crippen molar-refractivity contribution in [1.82, 2.24) is 4.90 Å². The third-order valence-electron chi connectivity index (χ3n) is 7.56. The van der Waals surface area contributed by atoms with E-state index >= 15 is 0 Å². The van der Waals surface area contributed by atoms with Crippen LogP contribution in [0.3, 0.4) is 0 Å². The van der Waals surface area contributed by atoms with Gasteiger partial charge in [-0.1, -0.05) is 45.9 Å². The van der Waals surface area contributed by atoms with Crippen LogP contribution in [-0.4, -0.2) is 37.6 Å². The maximum absolute atomic E-state index is 8.89. The topological polar surface area (TPSA) is 30.3 Å². The second kappa shape index (κ2) is 9.09. The number of nitrogens with zero attached hydrogens (tertiary/aromatic N) is 3. The van der Waals surface area contributed by atoms with Crippen LogP contribution in [0.5, 0.6) is 0 Å². The van der Waals surface area contributed by atoms with Crippen LogP contribution >= 0.6 is 12.4 Å². The molecule has 4 heteroatoms. The molecule has 2 saturated carbocycles. The Hall–Kier alpha value is -1.24. The summed E-state index contributed by atoms with van der Waals surface area (Å²) < 4.78 is 0. The lowest BCUT2D eigenvalue weighted by atomic mass is 9.60. The standard InChI is InChI=1S/C26H39N3.ClH/c1-25(2)16-22(17-26(3,4)19-25)23-7-5-6-8-24(23)29-13-11-28(12-14-29)18-21-15-20(21)9-10-27;/h5-8,20-22H,9,11-19H2,1-4H3;1H/t20-,21+;/m1./s1. The summed E-state index contributed by atoms with van der Waals surface area (Å²) in [5.41, 5.74) is 3.91. The van der Waals surface area contributed by atoms with Gasteiger partial charge in [-0.2, -0.15) is 5.26 Å². The number of halogens is 1. The zero-order valence-electron chi connectivity index (χ0n) is 19.4. The predicted octanol–water partition coefficient (Wildman–Crippen LogP) is 6.10. The normalized spacial score (nSPS) is 28.4. The summed E-state index contributed by atoms with van der Waals surface area (Å²) >= 11 is 0. The molecule has 1 heterocycles. The fourth-order valence-electron chi connectivity index (χ4n) is 6.59. The first kappa shape index (κ1) is 23.4. The number of anilines is 1. The average molecular weight is 430 g/mol. The Morgan fingerprint density at radius 3 is 2.23 bits per heavy atom. The number of hydrogen-bond acceptors (Lipinski definition) is 3. The van der Waals surface area contributed by atoms with Crippen molar-refractivity contribution in [2.45, 2.75) is 65.7 Å².